The summed E-state index contributed by atoms with van der Waals surface area (Å²) in [6.45, 7) is 4.90. The van der Waals surface area contributed by atoms with Crippen LogP contribution in [0.25, 0.3) is 0 Å². The van der Waals surface area contributed by atoms with Crippen molar-refractivity contribution >= 4 is 21.6 Å². The molecular formula is C13H17ClFNO2S. The van der Waals surface area contributed by atoms with Gasteiger partial charge in [0.15, 0.2) is 0 Å². The summed E-state index contributed by atoms with van der Waals surface area (Å²) in [6.07, 6.45) is 0.995. The number of halogens is 2. The zero-order chi connectivity index (χ0) is 14.2. The number of piperidine rings is 1. The molecule has 0 saturated carbocycles. The first-order valence-electron chi connectivity index (χ1n) is 6.26. The highest BCUT2D eigenvalue weighted by Crippen LogP contribution is 2.28. The normalized spacial score (nSPS) is 25.5. The number of benzene rings is 1. The third-order valence-corrected chi connectivity index (χ3v) is 5.45. The van der Waals surface area contributed by atoms with Crippen molar-refractivity contribution < 1.29 is 12.8 Å². The highest BCUT2D eigenvalue weighted by atomic mass is 35.5. The van der Waals surface area contributed by atoms with E-state index in [0.717, 1.165) is 12.5 Å². The van der Waals surface area contributed by atoms with Gasteiger partial charge in [-0.25, -0.2) is 12.8 Å². The van der Waals surface area contributed by atoms with Gasteiger partial charge in [-0.05, 0) is 36.5 Å². The molecule has 1 saturated heterocycles. The van der Waals surface area contributed by atoms with Gasteiger partial charge in [-0.3, -0.25) is 0 Å². The smallest absolute Gasteiger partial charge is 0.207 e. The summed E-state index contributed by atoms with van der Waals surface area (Å²) in [4.78, 5) is -0.293. The van der Waals surface area contributed by atoms with Crippen molar-refractivity contribution in [1.82, 2.24) is 4.31 Å². The molecule has 19 heavy (non-hydrogen) atoms. The van der Waals surface area contributed by atoms with Crippen molar-refractivity contribution in [2.45, 2.75) is 25.2 Å². The molecule has 0 radical (unpaired) electrons. The molecule has 1 aromatic rings. The zero-order valence-corrected chi connectivity index (χ0v) is 12.5. The van der Waals surface area contributed by atoms with Gasteiger partial charge in [-0.15, -0.1) is 0 Å². The second kappa shape index (κ2) is 5.38. The molecule has 0 bridgehead atoms. The summed E-state index contributed by atoms with van der Waals surface area (Å²) in [6, 6.07) is 3.66. The lowest BCUT2D eigenvalue weighted by molar-refractivity contribution is 0.222. The van der Waals surface area contributed by atoms with Crippen LogP contribution in [0.15, 0.2) is 23.1 Å². The van der Waals surface area contributed by atoms with Crippen LogP contribution < -0.4 is 0 Å². The van der Waals surface area contributed by atoms with Crippen molar-refractivity contribution in [3.05, 3.63) is 29.0 Å². The van der Waals surface area contributed by atoms with E-state index >= 15 is 0 Å². The van der Waals surface area contributed by atoms with Crippen molar-refractivity contribution in [2.75, 3.05) is 13.1 Å². The summed E-state index contributed by atoms with van der Waals surface area (Å²) in [5.74, 6) is -0.221. The lowest BCUT2D eigenvalue weighted by Crippen LogP contribution is -2.42. The van der Waals surface area contributed by atoms with E-state index in [-0.39, 0.29) is 21.8 Å². The fourth-order valence-corrected chi connectivity index (χ4v) is 4.51. The van der Waals surface area contributed by atoms with Gasteiger partial charge >= 0.3 is 0 Å². The van der Waals surface area contributed by atoms with E-state index in [0.29, 0.717) is 13.1 Å². The van der Waals surface area contributed by atoms with Crippen LogP contribution in [0, 0.1) is 17.7 Å². The van der Waals surface area contributed by atoms with Gasteiger partial charge in [0.2, 0.25) is 10.0 Å². The molecule has 1 aliphatic rings. The van der Waals surface area contributed by atoms with Gasteiger partial charge < -0.3 is 0 Å². The SMILES string of the molecule is CC1CC(C)CN(S(=O)(=O)c2ccc(Cl)cc2F)C1. The first-order valence-corrected chi connectivity index (χ1v) is 8.07. The standard InChI is InChI=1S/C13H17ClFNO2S/c1-9-5-10(2)8-16(7-9)19(17,18)13-4-3-11(14)6-12(13)15/h3-4,6,9-10H,5,7-8H2,1-2H3. The molecule has 0 N–H and O–H groups in total. The molecule has 0 aliphatic carbocycles. The molecule has 2 unspecified atom stereocenters. The highest BCUT2D eigenvalue weighted by molar-refractivity contribution is 7.89. The Morgan fingerprint density at radius 2 is 1.84 bits per heavy atom. The molecule has 3 nitrogen and oxygen atoms in total. The van der Waals surface area contributed by atoms with Crippen LogP contribution in [0.5, 0.6) is 0 Å². The fraction of sp³-hybridized carbons (Fsp3) is 0.538. The molecule has 1 fully saturated rings. The number of rotatable bonds is 2. The second-order valence-corrected chi connectivity index (χ2v) is 7.69. The Hall–Kier alpha value is -0.650. The number of hydrogen-bond acceptors (Lipinski definition) is 2. The lowest BCUT2D eigenvalue weighted by Gasteiger charge is -2.34. The van der Waals surface area contributed by atoms with Crippen LogP contribution in [0.2, 0.25) is 5.02 Å². The van der Waals surface area contributed by atoms with Crippen LogP contribution in [0.1, 0.15) is 20.3 Å². The van der Waals surface area contributed by atoms with E-state index in [1.54, 1.807) is 0 Å². The molecular weight excluding hydrogens is 289 g/mol. The number of sulfonamides is 1. The minimum absolute atomic E-state index is 0.192. The number of hydrogen-bond donors (Lipinski definition) is 0. The third-order valence-electron chi connectivity index (χ3n) is 3.35. The summed E-state index contributed by atoms with van der Waals surface area (Å²) < 4.78 is 40.1. The van der Waals surface area contributed by atoms with Gasteiger partial charge in [0, 0.05) is 18.1 Å². The Bertz CT molecular complexity index is 566. The van der Waals surface area contributed by atoms with E-state index in [1.807, 2.05) is 13.8 Å². The minimum Gasteiger partial charge on any atom is -0.207 e. The van der Waals surface area contributed by atoms with E-state index in [4.69, 9.17) is 11.6 Å². The van der Waals surface area contributed by atoms with E-state index in [1.165, 1.54) is 16.4 Å². The first-order chi connectivity index (χ1) is 8.80. The Morgan fingerprint density at radius 3 is 2.37 bits per heavy atom. The van der Waals surface area contributed by atoms with Crippen LogP contribution in [-0.4, -0.2) is 25.8 Å². The average Bonchev–Trinajstić information content (AvgIpc) is 2.26. The summed E-state index contributed by atoms with van der Waals surface area (Å²) >= 11 is 5.65. The molecule has 6 heteroatoms. The molecule has 2 rings (SSSR count). The maximum absolute atomic E-state index is 13.8. The van der Waals surface area contributed by atoms with E-state index in [2.05, 4.69) is 0 Å². The molecule has 0 spiro atoms. The predicted molar refractivity (Wildman–Crippen MR) is 73.1 cm³/mol. The maximum Gasteiger partial charge on any atom is 0.246 e. The quantitative estimate of drug-likeness (QED) is 0.842. The second-order valence-electron chi connectivity index (χ2n) is 5.34. The van der Waals surface area contributed by atoms with Crippen molar-refractivity contribution in [2.24, 2.45) is 11.8 Å². The van der Waals surface area contributed by atoms with Gasteiger partial charge in [0.1, 0.15) is 10.7 Å². The molecule has 1 aliphatic heterocycles. The summed E-state index contributed by atoms with van der Waals surface area (Å²) in [5.41, 5.74) is 0. The predicted octanol–water partition coefficient (Wildman–Crippen LogP) is 3.15. The van der Waals surface area contributed by atoms with Crippen LogP contribution >= 0.6 is 11.6 Å². The van der Waals surface area contributed by atoms with Crippen LogP contribution in [0.3, 0.4) is 0 Å². The average molecular weight is 306 g/mol. The Labute approximate surface area is 118 Å². The van der Waals surface area contributed by atoms with Crippen molar-refractivity contribution in [3.63, 3.8) is 0 Å². The third kappa shape index (κ3) is 3.09. The number of nitrogens with zero attached hydrogens (tertiary/aromatic N) is 1. The van der Waals surface area contributed by atoms with Crippen molar-refractivity contribution in [1.29, 1.82) is 0 Å². The monoisotopic (exact) mass is 305 g/mol. The summed E-state index contributed by atoms with van der Waals surface area (Å²) in [7, 11) is -3.78. The fourth-order valence-electron chi connectivity index (χ4n) is 2.63. The molecule has 0 aromatic heterocycles. The zero-order valence-electron chi connectivity index (χ0n) is 10.9. The Kier molecular flexibility index (Phi) is 4.18. The van der Waals surface area contributed by atoms with Crippen LogP contribution in [-0.2, 0) is 10.0 Å². The molecule has 1 heterocycles. The van der Waals surface area contributed by atoms with E-state index < -0.39 is 15.8 Å². The largest absolute Gasteiger partial charge is 0.246 e. The topological polar surface area (TPSA) is 37.4 Å². The minimum atomic E-state index is -3.78. The Balaban J connectivity index is 2.36. The highest BCUT2D eigenvalue weighted by Gasteiger charge is 2.33. The first kappa shape index (κ1) is 14.8. The molecule has 1 aromatic carbocycles. The van der Waals surface area contributed by atoms with Crippen molar-refractivity contribution in [3.8, 4) is 0 Å². The van der Waals surface area contributed by atoms with Gasteiger partial charge in [-0.2, -0.15) is 4.31 Å². The molecule has 0 amide bonds. The van der Waals surface area contributed by atoms with Crippen LogP contribution in [0.4, 0.5) is 4.39 Å². The lowest BCUT2D eigenvalue weighted by atomic mass is 9.94. The Morgan fingerprint density at radius 1 is 1.26 bits per heavy atom. The molecule has 2 atom stereocenters. The van der Waals surface area contributed by atoms with Gasteiger partial charge in [0.05, 0.1) is 0 Å². The maximum atomic E-state index is 13.8. The van der Waals surface area contributed by atoms with Gasteiger partial charge in [-0.1, -0.05) is 25.4 Å². The van der Waals surface area contributed by atoms with Gasteiger partial charge in [0.25, 0.3) is 0 Å². The van der Waals surface area contributed by atoms with E-state index in [9.17, 15) is 12.8 Å². The molecule has 106 valence electrons. The summed E-state index contributed by atoms with van der Waals surface area (Å²) in [5, 5.41) is 0.192.